The molecular formula is C4H7AlO4. The van der Waals surface area contributed by atoms with Gasteiger partial charge < -0.3 is 9.90 Å². The van der Waals surface area contributed by atoms with Crippen molar-refractivity contribution in [3.8, 4) is 0 Å². The summed E-state index contributed by atoms with van der Waals surface area (Å²) in [6, 6.07) is 0. The van der Waals surface area contributed by atoms with E-state index in [2.05, 4.69) is 6.58 Å². The van der Waals surface area contributed by atoms with Crippen LogP contribution in [0.3, 0.4) is 0 Å². The second-order valence-corrected chi connectivity index (χ2v) is 1.41. The zero-order valence-corrected chi connectivity index (χ0v) is 6.15. The fourth-order valence-corrected chi connectivity index (χ4v) is 0. The van der Waals surface area contributed by atoms with Crippen molar-refractivity contribution in [1.82, 2.24) is 0 Å². The molecule has 0 aliphatic rings. The molecule has 0 aliphatic heterocycles. The van der Waals surface area contributed by atoms with Crippen molar-refractivity contribution in [3.63, 3.8) is 0 Å². The van der Waals surface area contributed by atoms with E-state index >= 15 is 0 Å². The number of hydrogen-bond donors (Lipinski definition) is 2. The van der Waals surface area contributed by atoms with E-state index in [9.17, 15) is 9.90 Å². The van der Waals surface area contributed by atoms with Crippen LogP contribution in [0.25, 0.3) is 0 Å². The Morgan fingerprint density at radius 3 is 1.78 bits per heavy atom. The molecule has 0 fully saturated rings. The Morgan fingerprint density at radius 2 is 1.78 bits per heavy atom. The van der Waals surface area contributed by atoms with Gasteiger partial charge in [-0.15, -0.1) is 0 Å². The van der Waals surface area contributed by atoms with Gasteiger partial charge in [-0.25, -0.2) is 0 Å². The van der Waals surface area contributed by atoms with Gasteiger partial charge in [0.05, 0.1) is 5.97 Å². The number of rotatable bonds is 1. The first-order valence-corrected chi connectivity index (χ1v) is 3.06. The monoisotopic (exact) mass is 146 g/mol. The van der Waals surface area contributed by atoms with Gasteiger partial charge in [0.25, 0.3) is 0 Å². The van der Waals surface area contributed by atoms with E-state index in [1.807, 2.05) is 0 Å². The molecule has 0 aromatic rings. The Labute approximate surface area is 59.8 Å². The van der Waals surface area contributed by atoms with Crippen LogP contribution in [0.1, 0.15) is 6.92 Å². The average Bonchev–Trinajstić information content (AvgIpc) is 1.68. The van der Waals surface area contributed by atoms with Crippen LogP contribution in [-0.4, -0.2) is 30.2 Å². The zero-order valence-electron chi connectivity index (χ0n) is 5.00. The van der Waals surface area contributed by atoms with Crippen LogP contribution in [0.2, 0.25) is 0 Å². The van der Waals surface area contributed by atoms with E-state index in [-0.39, 0.29) is 5.57 Å². The summed E-state index contributed by atoms with van der Waals surface area (Å²) in [5.74, 6) is -1.19. The summed E-state index contributed by atoms with van der Waals surface area (Å²) in [6.07, 6.45) is 0. The second-order valence-electron chi connectivity index (χ2n) is 1.18. The normalized spacial score (nSPS) is 6.11. The van der Waals surface area contributed by atoms with E-state index in [1.165, 1.54) is 6.92 Å². The van der Waals surface area contributed by atoms with Crippen molar-refractivity contribution in [1.29, 1.82) is 0 Å². The van der Waals surface area contributed by atoms with Gasteiger partial charge in [0.15, 0.2) is 0 Å². The van der Waals surface area contributed by atoms with Crippen LogP contribution in [-0.2, 0) is 4.79 Å². The second kappa shape index (κ2) is 7.66. The first kappa shape index (κ1) is 11.5. The Balaban J connectivity index is 0. The molecule has 0 saturated heterocycles. The minimum absolute atomic E-state index is 0.0648. The summed E-state index contributed by atoms with van der Waals surface area (Å²) in [7, 11) is 0. The molecule has 0 aromatic heterocycles. The topological polar surface area (TPSA) is 80.6 Å². The molecule has 0 spiro atoms. The van der Waals surface area contributed by atoms with Crippen LogP contribution in [0, 0.1) is 0 Å². The summed E-state index contributed by atoms with van der Waals surface area (Å²) < 4.78 is 14.4. The van der Waals surface area contributed by atoms with Gasteiger partial charge in [0.2, 0.25) is 0 Å². The molecule has 0 heterocycles. The van der Waals surface area contributed by atoms with Gasteiger partial charge in [-0.05, 0) is 12.5 Å². The minimum atomic E-state index is -1.25. The zero-order chi connectivity index (χ0) is 7.86. The Bertz CT molecular complexity index is 88.7. The maximum atomic E-state index is 9.49. The van der Waals surface area contributed by atoms with Crippen LogP contribution < -0.4 is 5.11 Å². The molecule has 0 unspecified atom stereocenters. The van der Waals surface area contributed by atoms with Crippen molar-refractivity contribution in [2.75, 3.05) is 0 Å². The molecular weight excluding hydrogens is 139 g/mol. The quantitative estimate of drug-likeness (QED) is 0.325. The number of carboxylic acids is 1. The fraction of sp³-hybridized carbons (Fsp3) is 0.250. The number of carbonyl (C=O) groups excluding carboxylic acids is 1. The van der Waals surface area contributed by atoms with Crippen LogP contribution >= 0.6 is 0 Å². The first-order chi connectivity index (χ1) is 4.06. The summed E-state index contributed by atoms with van der Waals surface area (Å²) in [6.45, 7) is 4.48. The number of carboxylic acid groups (broad SMARTS) is 1. The third-order valence-electron chi connectivity index (χ3n) is 0.348. The molecule has 0 bridgehead atoms. The Hall–Kier alpha value is -0.338. The summed E-state index contributed by atoms with van der Waals surface area (Å²) >= 11 is -1.25. The van der Waals surface area contributed by atoms with Crippen molar-refractivity contribution < 1.29 is 18.2 Å². The molecule has 0 saturated carbocycles. The van der Waals surface area contributed by atoms with Crippen LogP contribution in [0.5, 0.6) is 0 Å². The van der Waals surface area contributed by atoms with Gasteiger partial charge in [-0.3, -0.25) is 0 Å². The van der Waals surface area contributed by atoms with Crippen LogP contribution in [0.4, 0.5) is 0 Å². The summed E-state index contributed by atoms with van der Waals surface area (Å²) in [5, 5.41) is 9.49. The molecule has 5 heteroatoms. The third-order valence-corrected chi connectivity index (χ3v) is 0.348. The average molecular weight is 146 g/mol. The fourth-order valence-electron chi connectivity index (χ4n) is 0. The van der Waals surface area contributed by atoms with Gasteiger partial charge in [-0.1, -0.05) is 6.58 Å². The molecule has 50 valence electrons. The summed E-state index contributed by atoms with van der Waals surface area (Å²) in [4.78, 5) is 9.49. The number of carbonyl (C=O) groups is 1. The SMILES string of the molecule is C=C(C)C(=O)[O-].[OH][Al+][OH]. The maximum absolute atomic E-state index is 9.49. The number of aliphatic carboxylic acids is 1. The van der Waals surface area contributed by atoms with E-state index in [0.29, 0.717) is 0 Å². The first-order valence-electron chi connectivity index (χ1n) is 2.03. The Morgan fingerprint density at radius 1 is 1.67 bits per heavy atom. The molecule has 0 rings (SSSR count). The molecule has 0 atom stereocenters. The van der Waals surface area contributed by atoms with Crippen molar-refractivity contribution >= 4 is 21.9 Å². The van der Waals surface area contributed by atoms with Gasteiger partial charge in [-0.2, -0.15) is 0 Å². The molecule has 0 radical (unpaired) electrons. The number of hydrogen-bond acceptors (Lipinski definition) is 4. The molecule has 0 aromatic carbocycles. The predicted molar refractivity (Wildman–Crippen MR) is 30.0 cm³/mol. The molecule has 0 amide bonds. The van der Waals surface area contributed by atoms with E-state index < -0.39 is 21.9 Å². The predicted octanol–water partition coefficient (Wildman–Crippen LogP) is -2.18. The van der Waals surface area contributed by atoms with Gasteiger partial charge in [0, 0.05) is 0 Å². The molecule has 0 aliphatic carbocycles. The molecule has 4 nitrogen and oxygen atoms in total. The van der Waals surface area contributed by atoms with Gasteiger partial charge >= 0.3 is 24.2 Å². The standard InChI is InChI=1S/C4H6O2.Al.2H2O/c1-3(2)4(5)6;;;/h1H2,2H3,(H,5,6);;2*1H2/q;+3;;/p-3. The Kier molecular flexibility index (Phi) is 9.76. The van der Waals surface area contributed by atoms with E-state index in [4.69, 9.17) is 8.32 Å². The summed E-state index contributed by atoms with van der Waals surface area (Å²) in [5.41, 5.74) is 0.0648. The van der Waals surface area contributed by atoms with Crippen molar-refractivity contribution in [3.05, 3.63) is 12.2 Å². The molecule has 2 N–H and O–H groups in total. The van der Waals surface area contributed by atoms with Crippen molar-refractivity contribution in [2.24, 2.45) is 0 Å². The van der Waals surface area contributed by atoms with Crippen molar-refractivity contribution in [2.45, 2.75) is 6.92 Å². The molecule has 9 heavy (non-hydrogen) atoms. The van der Waals surface area contributed by atoms with Crippen LogP contribution in [0.15, 0.2) is 12.2 Å². The third kappa shape index (κ3) is 18.3. The van der Waals surface area contributed by atoms with E-state index in [1.54, 1.807) is 0 Å². The van der Waals surface area contributed by atoms with E-state index in [0.717, 1.165) is 0 Å². The van der Waals surface area contributed by atoms with Gasteiger partial charge in [0.1, 0.15) is 0 Å².